The van der Waals surface area contributed by atoms with E-state index in [1.54, 1.807) is 0 Å². The third kappa shape index (κ3) is 4.33. The molecule has 0 spiro atoms. The first-order valence-electron chi connectivity index (χ1n) is 7.02. The maximum absolute atomic E-state index is 12.4. The number of thiocarbonyl (C=S) groups is 1. The SMILES string of the molecule is COC(=O)CCN1C(=O)/C(=C/c2ccc(N(C)C)cc2)SC1=S. The summed E-state index contributed by atoms with van der Waals surface area (Å²) in [6.45, 7) is 0.244. The summed E-state index contributed by atoms with van der Waals surface area (Å²) in [6, 6.07) is 7.89. The summed E-state index contributed by atoms with van der Waals surface area (Å²) < 4.78 is 5.06. The first kappa shape index (κ1) is 17.5. The number of esters is 1. The molecule has 122 valence electrons. The lowest BCUT2D eigenvalue weighted by Gasteiger charge is -2.13. The number of methoxy groups -OCH3 is 1. The quantitative estimate of drug-likeness (QED) is 0.462. The maximum atomic E-state index is 12.4. The Hall–Kier alpha value is -1.86. The van der Waals surface area contributed by atoms with Gasteiger partial charge in [0, 0.05) is 26.3 Å². The van der Waals surface area contributed by atoms with Gasteiger partial charge in [-0.25, -0.2) is 0 Å². The van der Waals surface area contributed by atoms with Crippen molar-refractivity contribution in [1.82, 2.24) is 4.90 Å². The molecule has 5 nitrogen and oxygen atoms in total. The molecular weight excluding hydrogens is 332 g/mol. The summed E-state index contributed by atoms with van der Waals surface area (Å²) in [5.74, 6) is -0.525. The van der Waals surface area contributed by atoms with E-state index in [2.05, 4.69) is 4.74 Å². The first-order chi connectivity index (χ1) is 10.9. The molecular formula is C16H18N2O3S2. The lowest BCUT2D eigenvalue weighted by Crippen LogP contribution is -2.30. The van der Waals surface area contributed by atoms with Crippen molar-refractivity contribution in [3.8, 4) is 0 Å². The van der Waals surface area contributed by atoms with Crippen molar-refractivity contribution in [3.63, 3.8) is 0 Å². The molecule has 1 saturated heterocycles. The van der Waals surface area contributed by atoms with Crippen molar-refractivity contribution < 1.29 is 14.3 Å². The average Bonchev–Trinajstić information content (AvgIpc) is 2.79. The molecule has 1 heterocycles. The average molecular weight is 350 g/mol. The minimum Gasteiger partial charge on any atom is -0.469 e. The van der Waals surface area contributed by atoms with E-state index in [4.69, 9.17) is 12.2 Å². The van der Waals surface area contributed by atoms with Crippen LogP contribution in [0.25, 0.3) is 6.08 Å². The second kappa shape index (κ2) is 7.61. The molecule has 1 fully saturated rings. The van der Waals surface area contributed by atoms with Gasteiger partial charge < -0.3 is 9.64 Å². The Kier molecular flexibility index (Phi) is 5.79. The summed E-state index contributed by atoms with van der Waals surface area (Å²) in [5, 5.41) is 0. The normalized spacial score (nSPS) is 16.1. The van der Waals surface area contributed by atoms with Crippen LogP contribution in [0, 0.1) is 0 Å². The molecule has 2 rings (SSSR count). The van der Waals surface area contributed by atoms with Crippen LogP contribution in [0.4, 0.5) is 5.69 Å². The molecule has 0 atom stereocenters. The van der Waals surface area contributed by atoms with Gasteiger partial charge in [-0.15, -0.1) is 0 Å². The number of amides is 1. The molecule has 1 amide bonds. The fraction of sp³-hybridized carbons (Fsp3) is 0.312. The number of carbonyl (C=O) groups excluding carboxylic acids is 2. The second-order valence-corrected chi connectivity index (χ2v) is 6.82. The Morgan fingerprint density at radius 2 is 2.00 bits per heavy atom. The Balaban J connectivity index is 2.10. The van der Waals surface area contributed by atoms with Crippen molar-refractivity contribution in [2.45, 2.75) is 6.42 Å². The lowest BCUT2D eigenvalue weighted by molar-refractivity contribution is -0.140. The summed E-state index contributed by atoms with van der Waals surface area (Å²) in [6.07, 6.45) is 1.95. The van der Waals surface area contributed by atoms with Crippen LogP contribution in [-0.4, -0.2) is 48.8 Å². The van der Waals surface area contributed by atoms with Crippen LogP contribution in [0.5, 0.6) is 0 Å². The van der Waals surface area contributed by atoms with Crippen molar-refractivity contribution in [3.05, 3.63) is 34.7 Å². The molecule has 0 radical (unpaired) electrons. The zero-order valence-electron chi connectivity index (χ0n) is 13.2. The number of thioether (sulfide) groups is 1. The zero-order chi connectivity index (χ0) is 17.0. The summed E-state index contributed by atoms with van der Waals surface area (Å²) in [4.78, 5) is 27.6. The van der Waals surface area contributed by atoms with Gasteiger partial charge in [-0.3, -0.25) is 14.5 Å². The molecule has 0 unspecified atom stereocenters. The third-order valence-corrected chi connectivity index (χ3v) is 4.73. The molecule has 23 heavy (non-hydrogen) atoms. The third-order valence-electron chi connectivity index (χ3n) is 3.35. The monoisotopic (exact) mass is 350 g/mol. The molecule has 1 aromatic rings. The zero-order valence-corrected chi connectivity index (χ0v) is 14.9. The van der Waals surface area contributed by atoms with Gasteiger partial charge in [0.2, 0.25) is 0 Å². The predicted molar refractivity (Wildman–Crippen MR) is 97.3 cm³/mol. The van der Waals surface area contributed by atoms with Gasteiger partial charge in [-0.1, -0.05) is 36.1 Å². The largest absolute Gasteiger partial charge is 0.469 e. The van der Waals surface area contributed by atoms with Crippen molar-refractivity contribution >= 4 is 51.9 Å². The summed E-state index contributed by atoms with van der Waals surface area (Å²) in [7, 11) is 5.27. The fourth-order valence-corrected chi connectivity index (χ4v) is 3.33. The van der Waals surface area contributed by atoms with Crippen LogP contribution in [0.3, 0.4) is 0 Å². The van der Waals surface area contributed by atoms with Crippen molar-refractivity contribution in [2.75, 3.05) is 32.6 Å². The van der Waals surface area contributed by atoms with Gasteiger partial charge in [-0.2, -0.15) is 0 Å². The summed E-state index contributed by atoms with van der Waals surface area (Å²) in [5.41, 5.74) is 2.02. The minimum absolute atomic E-state index is 0.133. The Morgan fingerprint density at radius 3 is 2.57 bits per heavy atom. The van der Waals surface area contributed by atoms with Crippen LogP contribution in [0.15, 0.2) is 29.2 Å². The number of rotatable bonds is 5. The van der Waals surface area contributed by atoms with Gasteiger partial charge >= 0.3 is 5.97 Å². The molecule has 0 aliphatic carbocycles. The topological polar surface area (TPSA) is 49.9 Å². The van der Waals surface area contributed by atoms with Crippen LogP contribution >= 0.6 is 24.0 Å². The number of carbonyl (C=O) groups is 2. The summed E-state index contributed by atoms with van der Waals surface area (Å²) >= 11 is 6.48. The highest BCUT2D eigenvalue weighted by atomic mass is 32.2. The molecule has 0 N–H and O–H groups in total. The van der Waals surface area contributed by atoms with Crippen LogP contribution in [0.2, 0.25) is 0 Å². The van der Waals surface area contributed by atoms with E-state index in [-0.39, 0.29) is 24.8 Å². The van der Waals surface area contributed by atoms with Gasteiger partial charge in [0.05, 0.1) is 18.4 Å². The molecule has 1 aliphatic heterocycles. The number of hydrogen-bond acceptors (Lipinski definition) is 6. The Bertz CT molecular complexity index is 654. The Labute approximate surface area is 145 Å². The number of hydrogen-bond donors (Lipinski definition) is 0. The maximum Gasteiger partial charge on any atom is 0.307 e. The fourth-order valence-electron chi connectivity index (χ4n) is 2.02. The van der Waals surface area contributed by atoms with E-state index in [0.29, 0.717) is 9.23 Å². The van der Waals surface area contributed by atoms with Gasteiger partial charge in [0.15, 0.2) is 0 Å². The molecule has 7 heteroatoms. The number of nitrogens with zero attached hydrogens (tertiary/aromatic N) is 2. The van der Waals surface area contributed by atoms with Gasteiger partial charge in [0.1, 0.15) is 4.32 Å². The number of anilines is 1. The van der Waals surface area contributed by atoms with Crippen LogP contribution in [0.1, 0.15) is 12.0 Å². The van der Waals surface area contributed by atoms with Crippen LogP contribution in [-0.2, 0) is 14.3 Å². The van der Waals surface area contributed by atoms with Gasteiger partial charge in [-0.05, 0) is 23.8 Å². The van der Waals surface area contributed by atoms with Crippen LogP contribution < -0.4 is 4.90 Å². The van der Waals surface area contributed by atoms with E-state index in [1.807, 2.05) is 49.3 Å². The highest BCUT2D eigenvalue weighted by Gasteiger charge is 2.32. The minimum atomic E-state index is -0.359. The molecule has 0 saturated carbocycles. The highest BCUT2D eigenvalue weighted by Crippen LogP contribution is 2.32. The first-order valence-corrected chi connectivity index (χ1v) is 8.24. The second-order valence-electron chi connectivity index (χ2n) is 5.15. The van der Waals surface area contributed by atoms with E-state index < -0.39 is 0 Å². The van der Waals surface area contributed by atoms with Crippen molar-refractivity contribution in [2.24, 2.45) is 0 Å². The molecule has 0 bridgehead atoms. The molecule has 1 aliphatic rings. The van der Waals surface area contributed by atoms with Crippen molar-refractivity contribution in [1.29, 1.82) is 0 Å². The van der Waals surface area contributed by atoms with E-state index in [1.165, 1.54) is 23.8 Å². The number of benzene rings is 1. The van der Waals surface area contributed by atoms with Gasteiger partial charge in [0.25, 0.3) is 5.91 Å². The van der Waals surface area contributed by atoms with E-state index in [9.17, 15) is 9.59 Å². The number of ether oxygens (including phenoxy) is 1. The smallest absolute Gasteiger partial charge is 0.307 e. The highest BCUT2D eigenvalue weighted by molar-refractivity contribution is 8.26. The standard InChI is InChI=1S/C16H18N2O3S2/c1-17(2)12-6-4-11(5-7-12)10-13-15(20)18(16(22)23-13)9-8-14(19)21-3/h4-7,10H,8-9H2,1-3H3/b13-10-. The lowest BCUT2D eigenvalue weighted by atomic mass is 10.2. The van der Waals surface area contributed by atoms with E-state index >= 15 is 0 Å². The Morgan fingerprint density at radius 1 is 1.35 bits per heavy atom. The predicted octanol–water partition coefficient (Wildman–Crippen LogP) is 2.52. The molecule has 0 aromatic heterocycles. The molecule has 1 aromatic carbocycles. The van der Waals surface area contributed by atoms with E-state index in [0.717, 1.165) is 11.3 Å².